The molecule has 0 aliphatic heterocycles. The minimum atomic E-state index is -0.286. The molecule has 0 saturated heterocycles. The van der Waals surface area contributed by atoms with Crippen molar-refractivity contribution < 1.29 is 0 Å². The van der Waals surface area contributed by atoms with Gasteiger partial charge in [-0.2, -0.15) is 0 Å². The largest absolute Gasteiger partial charge is 0.331 e. The predicted octanol–water partition coefficient (Wildman–Crippen LogP) is 1.15. The van der Waals surface area contributed by atoms with Crippen LogP contribution in [0.2, 0.25) is 0 Å². The molecule has 202 valence electrons. The minimum absolute atomic E-state index is 0.236. The Hall–Kier alpha value is -3.76. The Morgan fingerprint density at radius 3 is 1.34 bits per heavy atom. The number of unbranched alkanes of at least 4 members (excludes halogenated alkanes) is 1. The Kier molecular flexibility index (Phi) is 9.09. The van der Waals surface area contributed by atoms with Crippen molar-refractivity contribution in [3.63, 3.8) is 0 Å². The fourth-order valence-corrected chi connectivity index (χ4v) is 4.80. The van der Waals surface area contributed by atoms with E-state index >= 15 is 0 Å². The van der Waals surface area contributed by atoms with Crippen LogP contribution in [0.1, 0.15) is 25.7 Å². The van der Waals surface area contributed by atoms with Gasteiger partial charge in [-0.3, -0.25) is 27.9 Å². The highest BCUT2D eigenvalue weighted by Gasteiger charge is 2.11. The lowest BCUT2D eigenvalue weighted by Crippen LogP contribution is -2.39. The van der Waals surface area contributed by atoms with Crippen LogP contribution in [0.5, 0.6) is 0 Å². The maximum Gasteiger partial charge on any atom is 0.331 e. The summed E-state index contributed by atoms with van der Waals surface area (Å²) in [7, 11) is 3.38. The van der Waals surface area contributed by atoms with Crippen LogP contribution in [0, 0.1) is 0 Å². The van der Waals surface area contributed by atoms with Gasteiger partial charge in [-0.15, -0.1) is 0 Å². The van der Waals surface area contributed by atoms with Gasteiger partial charge in [0.25, 0.3) is 11.1 Å². The van der Waals surface area contributed by atoms with Crippen molar-refractivity contribution in [3.05, 3.63) is 90.2 Å². The van der Waals surface area contributed by atoms with Gasteiger partial charge in [0.05, 0.1) is 21.8 Å². The van der Waals surface area contributed by atoms with Crippen LogP contribution in [-0.2, 0) is 27.2 Å². The Labute approximate surface area is 220 Å². The Bertz CT molecular complexity index is 1520. The summed E-state index contributed by atoms with van der Waals surface area (Å²) in [6.45, 7) is 3.93. The van der Waals surface area contributed by atoms with Gasteiger partial charge in [0.1, 0.15) is 0 Å². The topological polar surface area (TPSA) is 112 Å². The third kappa shape index (κ3) is 5.87. The number of nitrogens with zero attached hydrogens (tertiary/aromatic N) is 4. The molecule has 0 bridgehead atoms. The molecule has 0 atom stereocenters. The van der Waals surface area contributed by atoms with Crippen LogP contribution in [0.25, 0.3) is 21.8 Å². The van der Waals surface area contributed by atoms with E-state index in [2.05, 4.69) is 10.6 Å². The Morgan fingerprint density at radius 2 is 0.921 bits per heavy atom. The lowest BCUT2D eigenvalue weighted by Gasteiger charge is -2.11. The number of aromatic nitrogens is 4. The van der Waals surface area contributed by atoms with Crippen molar-refractivity contribution in [2.45, 2.75) is 38.8 Å². The van der Waals surface area contributed by atoms with Crippen LogP contribution >= 0.6 is 0 Å². The second kappa shape index (κ2) is 12.7. The van der Waals surface area contributed by atoms with Gasteiger partial charge in [-0.05, 0) is 76.1 Å². The number of benzene rings is 2. The number of aryl methyl sites for hydroxylation is 2. The van der Waals surface area contributed by atoms with E-state index in [1.54, 1.807) is 38.4 Å². The minimum Gasteiger partial charge on any atom is -0.317 e. The van der Waals surface area contributed by atoms with E-state index in [0.717, 1.165) is 39.0 Å². The molecule has 2 aromatic heterocycles. The van der Waals surface area contributed by atoms with Crippen molar-refractivity contribution in [1.29, 1.82) is 0 Å². The normalized spacial score (nSPS) is 11.5. The van der Waals surface area contributed by atoms with E-state index in [1.165, 1.54) is 18.3 Å². The molecule has 0 spiro atoms. The molecule has 0 aliphatic rings. The number of rotatable bonds is 13. The van der Waals surface area contributed by atoms with Crippen molar-refractivity contribution in [3.8, 4) is 0 Å². The maximum atomic E-state index is 12.7. The first kappa shape index (κ1) is 27.3. The van der Waals surface area contributed by atoms with Crippen LogP contribution in [0.15, 0.2) is 67.7 Å². The van der Waals surface area contributed by atoms with Gasteiger partial charge >= 0.3 is 11.4 Å². The van der Waals surface area contributed by atoms with E-state index < -0.39 is 0 Å². The number of fused-ring (bicyclic) bond motifs is 2. The monoisotopic (exact) mass is 520 g/mol. The molecule has 2 N–H and O–H groups in total. The highest BCUT2D eigenvalue weighted by molar-refractivity contribution is 5.78. The first-order valence-electron chi connectivity index (χ1n) is 13.2. The maximum absolute atomic E-state index is 12.7. The first-order valence-corrected chi connectivity index (χ1v) is 13.2. The summed E-state index contributed by atoms with van der Waals surface area (Å²) >= 11 is 0. The molecule has 10 nitrogen and oxygen atoms in total. The summed E-state index contributed by atoms with van der Waals surface area (Å²) in [6, 6.07) is 14.3. The molecule has 0 fully saturated rings. The number of hydrogen-bond acceptors (Lipinski definition) is 6. The van der Waals surface area contributed by atoms with E-state index in [1.807, 2.05) is 24.3 Å². The van der Waals surface area contributed by atoms with E-state index in [4.69, 9.17) is 0 Å². The zero-order valence-corrected chi connectivity index (χ0v) is 22.1. The molecule has 10 heteroatoms. The van der Waals surface area contributed by atoms with Gasteiger partial charge in [0.2, 0.25) is 0 Å². The molecule has 2 heterocycles. The first-order chi connectivity index (χ1) is 18.4. The summed E-state index contributed by atoms with van der Waals surface area (Å²) < 4.78 is 5.68. The number of hydrogen-bond donors (Lipinski definition) is 2. The van der Waals surface area contributed by atoms with Crippen molar-refractivity contribution in [2.75, 3.05) is 26.2 Å². The lowest BCUT2D eigenvalue weighted by molar-refractivity contribution is 0.516. The number of para-hydroxylation sites is 2. The standard InChI is InChI=1S/C28H36N6O4/c1-31-23-13-5-3-11-21(23)25(35)33(27(31)37)19-9-17-29-15-7-8-16-30-18-10-20-34-26(36)22-12-4-6-14-24(22)32(2)28(34)38/h3-6,11-14,29-30H,7-10,15-20H2,1-2H3. The SMILES string of the molecule is Cn1c(=O)n(CCCNCCCCNCCCn2c(=O)c3ccccc3n(C)c2=O)c(=O)c2ccccc21. The summed E-state index contributed by atoms with van der Waals surface area (Å²) in [5, 5.41) is 7.86. The molecule has 0 radical (unpaired) electrons. The van der Waals surface area contributed by atoms with Crippen LogP contribution in [-0.4, -0.2) is 44.4 Å². The Morgan fingerprint density at radius 1 is 0.553 bits per heavy atom. The Balaban J connectivity index is 1.11. The molecule has 0 saturated carbocycles. The molecular weight excluding hydrogens is 484 g/mol. The molecule has 4 rings (SSSR count). The van der Waals surface area contributed by atoms with Crippen molar-refractivity contribution in [2.24, 2.45) is 14.1 Å². The van der Waals surface area contributed by atoms with Crippen molar-refractivity contribution in [1.82, 2.24) is 28.9 Å². The van der Waals surface area contributed by atoms with E-state index in [9.17, 15) is 19.2 Å². The van der Waals surface area contributed by atoms with Crippen LogP contribution < -0.4 is 33.1 Å². The van der Waals surface area contributed by atoms with Gasteiger partial charge in [0.15, 0.2) is 0 Å². The average Bonchev–Trinajstić information content (AvgIpc) is 2.94. The highest BCUT2D eigenvalue weighted by atomic mass is 16.2. The van der Waals surface area contributed by atoms with Gasteiger partial charge in [-0.1, -0.05) is 24.3 Å². The fourth-order valence-electron chi connectivity index (χ4n) is 4.80. The molecule has 0 aliphatic carbocycles. The smallest absolute Gasteiger partial charge is 0.317 e. The quantitative estimate of drug-likeness (QED) is 0.256. The number of nitrogens with one attached hydrogen (secondary N) is 2. The van der Waals surface area contributed by atoms with Gasteiger partial charge in [0, 0.05) is 27.2 Å². The average molecular weight is 521 g/mol. The molecular formula is C28H36N6O4. The second-order valence-electron chi connectivity index (χ2n) is 9.55. The van der Waals surface area contributed by atoms with Gasteiger partial charge in [-0.25, -0.2) is 9.59 Å². The summed E-state index contributed by atoms with van der Waals surface area (Å²) in [4.78, 5) is 50.5. The third-order valence-corrected chi connectivity index (χ3v) is 6.95. The lowest BCUT2D eigenvalue weighted by atomic mass is 10.2. The molecule has 38 heavy (non-hydrogen) atoms. The van der Waals surface area contributed by atoms with Crippen LogP contribution in [0.4, 0.5) is 0 Å². The summed E-state index contributed by atoms with van der Waals surface area (Å²) in [5.74, 6) is 0. The summed E-state index contributed by atoms with van der Waals surface area (Å²) in [5.41, 5.74) is 0.257. The zero-order valence-electron chi connectivity index (χ0n) is 22.1. The summed E-state index contributed by atoms with van der Waals surface area (Å²) in [6.07, 6.45) is 3.38. The fraction of sp³-hybridized carbons (Fsp3) is 0.429. The van der Waals surface area contributed by atoms with E-state index in [0.29, 0.717) is 47.7 Å². The zero-order chi connectivity index (χ0) is 27.1. The van der Waals surface area contributed by atoms with Crippen LogP contribution in [0.3, 0.4) is 0 Å². The highest BCUT2D eigenvalue weighted by Crippen LogP contribution is 2.06. The molecule has 0 unspecified atom stereocenters. The van der Waals surface area contributed by atoms with Gasteiger partial charge < -0.3 is 10.6 Å². The molecule has 2 aromatic carbocycles. The van der Waals surface area contributed by atoms with E-state index in [-0.39, 0.29) is 22.5 Å². The van der Waals surface area contributed by atoms with Crippen molar-refractivity contribution >= 4 is 21.8 Å². The molecule has 4 aromatic rings. The molecule has 0 amide bonds. The third-order valence-electron chi connectivity index (χ3n) is 6.95. The predicted molar refractivity (Wildman–Crippen MR) is 151 cm³/mol. The second-order valence-corrected chi connectivity index (χ2v) is 9.55.